The monoisotopic (exact) mass is 433 g/mol. The van der Waals surface area contributed by atoms with E-state index in [9.17, 15) is 14.4 Å². The number of amides is 3. The van der Waals surface area contributed by atoms with Crippen LogP contribution in [0.2, 0.25) is 0 Å². The molecule has 0 saturated heterocycles. The van der Waals surface area contributed by atoms with Gasteiger partial charge in [0.05, 0.1) is 18.7 Å². The van der Waals surface area contributed by atoms with Gasteiger partial charge in [0.1, 0.15) is 11.9 Å². The Morgan fingerprint density at radius 1 is 1.09 bits per heavy atom. The van der Waals surface area contributed by atoms with Crippen LogP contribution in [0.5, 0.6) is 0 Å². The molecule has 0 bridgehead atoms. The second-order valence-corrected chi connectivity index (χ2v) is 7.43. The molecule has 1 aliphatic rings. The number of rotatable bonds is 6. The van der Waals surface area contributed by atoms with E-state index >= 15 is 0 Å². The van der Waals surface area contributed by atoms with Crippen LogP contribution in [0.25, 0.3) is 11.1 Å². The van der Waals surface area contributed by atoms with Gasteiger partial charge in [-0.2, -0.15) is 5.10 Å². The summed E-state index contributed by atoms with van der Waals surface area (Å²) in [5.74, 6) is -0.331. The summed E-state index contributed by atoms with van der Waals surface area (Å²) in [5, 5.41) is 13.0. The van der Waals surface area contributed by atoms with Crippen LogP contribution in [-0.2, 0) is 25.7 Å². The fourth-order valence-corrected chi connectivity index (χ4v) is 3.69. The minimum atomic E-state index is -0.818. The minimum Gasteiger partial charge on any atom is -0.378 e. The average Bonchev–Trinajstić information content (AvgIpc) is 3.12. The van der Waals surface area contributed by atoms with Crippen molar-refractivity contribution in [3.8, 4) is 11.1 Å². The van der Waals surface area contributed by atoms with Gasteiger partial charge in [-0.25, -0.2) is 4.68 Å². The Kier molecular flexibility index (Phi) is 6.00. The van der Waals surface area contributed by atoms with Crippen LogP contribution >= 0.6 is 0 Å². The Hall–Kier alpha value is -3.98. The predicted molar refractivity (Wildman–Crippen MR) is 120 cm³/mol. The van der Waals surface area contributed by atoms with Crippen molar-refractivity contribution >= 4 is 34.9 Å². The van der Waals surface area contributed by atoms with Crippen molar-refractivity contribution in [2.75, 3.05) is 23.1 Å². The van der Waals surface area contributed by atoms with E-state index in [0.717, 1.165) is 11.1 Å². The number of nitrogens with zero attached hydrogens (tertiary/aromatic N) is 2. The summed E-state index contributed by atoms with van der Waals surface area (Å²) in [4.78, 5) is 36.8. The van der Waals surface area contributed by atoms with Crippen molar-refractivity contribution in [2.45, 2.75) is 26.0 Å². The normalized spacial score (nSPS) is 14.9. The van der Waals surface area contributed by atoms with Gasteiger partial charge in [-0.1, -0.05) is 30.3 Å². The van der Waals surface area contributed by atoms with Crippen molar-refractivity contribution in [3.05, 3.63) is 60.3 Å². The van der Waals surface area contributed by atoms with Crippen LogP contribution in [0.4, 0.5) is 17.2 Å². The Morgan fingerprint density at radius 3 is 2.38 bits per heavy atom. The first-order chi connectivity index (χ1) is 15.5. The quantitative estimate of drug-likeness (QED) is 0.552. The molecule has 1 aliphatic heterocycles. The summed E-state index contributed by atoms with van der Waals surface area (Å²) >= 11 is 0. The lowest BCUT2D eigenvalue weighted by Crippen LogP contribution is -2.35. The summed E-state index contributed by atoms with van der Waals surface area (Å²) in [7, 11) is 1.57. The van der Waals surface area contributed by atoms with E-state index < -0.39 is 6.04 Å². The van der Waals surface area contributed by atoms with Crippen LogP contribution in [-0.4, -0.2) is 34.6 Å². The molecular weight excluding hydrogens is 410 g/mol. The lowest BCUT2D eigenvalue weighted by atomic mass is 10.0. The number of aromatic nitrogens is 2. The van der Waals surface area contributed by atoms with Gasteiger partial charge >= 0.3 is 0 Å². The van der Waals surface area contributed by atoms with Crippen molar-refractivity contribution in [2.24, 2.45) is 0 Å². The fourth-order valence-electron chi connectivity index (χ4n) is 3.69. The Morgan fingerprint density at radius 2 is 1.75 bits per heavy atom. The van der Waals surface area contributed by atoms with Crippen molar-refractivity contribution in [1.29, 1.82) is 0 Å². The zero-order valence-corrected chi connectivity index (χ0v) is 17.7. The van der Waals surface area contributed by atoms with E-state index in [2.05, 4.69) is 21.0 Å². The summed E-state index contributed by atoms with van der Waals surface area (Å²) in [5.41, 5.74) is 3.41. The molecular formula is C23H23N5O4. The Bertz CT molecular complexity index is 1160. The number of hydrogen-bond acceptors (Lipinski definition) is 5. The van der Waals surface area contributed by atoms with Crippen LogP contribution in [0, 0.1) is 0 Å². The van der Waals surface area contributed by atoms with Crippen molar-refractivity contribution < 1.29 is 19.1 Å². The van der Waals surface area contributed by atoms with E-state index in [4.69, 9.17) is 4.74 Å². The van der Waals surface area contributed by atoms with Gasteiger partial charge in [0.25, 0.3) is 0 Å². The third-order valence-electron chi connectivity index (χ3n) is 5.03. The largest absolute Gasteiger partial charge is 0.378 e. The lowest BCUT2D eigenvalue weighted by Gasteiger charge is -2.24. The predicted octanol–water partition coefficient (Wildman–Crippen LogP) is 3.18. The van der Waals surface area contributed by atoms with Crippen molar-refractivity contribution in [1.82, 2.24) is 9.78 Å². The van der Waals surface area contributed by atoms with E-state index in [1.807, 2.05) is 30.3 Å². The maximum Gasteiger partial charge on any atom is 0.249 e. The highest BCUT2D eigenvalue weighted by atomic mass is 16.5. The molecule has 0 spiro atoms. The van der Waals surface area contributed by atoms with E-state index in [1.165, 1.54) is 6.92 Å². The number of hydrogen-bond donors (Lipinski definition) is 3. The van der Waals surface area contributed by atoms with Gasteiger partial charge in [-0.15, -0.1) is 0 Å². The highest BCUT2D eigenvalue weighted by Gasteiger charge is 2.35. The van der Waals surface area contributed by atoms with Crippen LogP contribution in [0.3, 0.4) is 0 Å². The van der Waals surface area contributed by atoms with Crippen LogP contribution in [0.15, 0.2) is 54.6 Å². The lowest BCUT2D eigenvalue weighted by molar-refractivity contribution is -0.125. The number of ether oxygens (including phenoxy) is 1. The maximum atomic E-state index is 13.1. The first-order valence-electron chi connectivity index (χ1n) is 10.1. The number of nitrogens with one attached hydrogen (secondary N) is 3. The van der Waals surface area contributed by atoms with Crippen LogP contribution < -0.4 is 16.0 Å². The second-order valence-electron chi connectivity index (χ2n) is 7.43. The van der Waals surface area contributed by atoms with Crippen LogP contribution in [0.1, 0.15) is 25.1 Å². The third kappa shape index (κ3) is 4.37. The zero-order valence-electron chi connectivity index (χ0n) is 17.7. The fraction of sp³-hybridized carbons (Fsp3) is 0.217. The molecule has 9 heteroatoms. The molecule has 0 unspecified atom stereocenters. The Labute approximate surface area is 184 Å². The molecule has 0 fully saturated rings. The molecule has 3 N–H and O–H groups in total. The summed E-state index contributed by atoms with van der Waals surface area (Å²) in [6, 6.07) is 15.5. The topological polar surface area (TPSA) is 114 Å². The molecule has 9 nitrogen and oxygen atoms in total. The van der Waals surface area contributed by atoms with Crippen molar-refractivity contribution in [3.63, 3.8) is 0 Å². The number of fused-ring (bicyclic) bond motifs is 1. The number of carbonyl (C=O) groups excluding carboxylic acids is 3. The minimum absolute atomic E-state index is 0.0366. The molecule has 1 atom stereocenters. The molecule has 0 saturated carbocycles. The second kappa shape index (κ2) is 9.03. The van der Waals surface area contributed by atoms with E-state index in [0.29, 0.717) is 22.9 Å². The van der Waals surface area contributed by atoms with Gasteiger partial charge in [0.15, 0.2) is 0 Å². The number of anilines is 3. The molecule has 1 aromatic heterocycles. The first kappa shape index (κ1) is 21.3. The molecule has 0 radical (unpaired) electrons. The molecule has 3 amide bonds. The molecule has 0 aliphatic carbocycles. The van der Waals surface area contributed by atoms with Gasteiger partial charge in [-0.05, 0) is 29.8 Å². The standard InChI is InChI=1S/C23H23N5O4/c1-14(29)24-16-8-10-17(11-9-16)25-23(31)19-12-20(30)26-22-21(15-6-4-3-5-7-15)18(13-32-2)27-28(19)22/h3-11,19H,12-13H2,1-2H3,(H,24,29)(H,25,31)(H,26,30)/t19-/m0/s1. The SMILES string of the molecule is COCc1nn2c(c1-c1ccccc1)NC(=O)C[C@H]2C(=O)Nc1ccc(NC(C)=O)cc1. The van der Waals surface area contributed by atoms with Gasteiger partial charge < -0.3 is 20.7 Å². The van der Waals surface area contributed by atoms with Gasteiger partial charge in [0, 0.05) is 31.0 Å². The highest BCUT2D eigenvalue weighted by Crippen LogP contribution is 2.37. The number of methoxy groups -OCH3 is 1. The molecule has 4 rings (SSSR count). The highest BCUT2D eigenvalue weighted by molar-refractivity contribution is 6.03. The van der Waals surface area contributed by atoms with E-state index in [1.54, 1.807) is 36.1 Å². The zero-order chi connectivity index (χ0) is 22.7. The van der Waals surface area contributed by atoms with Gasteiger partial charge in [-0.3, -0.25) is 14.4 Å². The molecule has 32 heavy (non-hydrogen) atoms. The number of benzene rings is 2. The average molecular weight is 433 g/mol. The molecule has 2 heterocycles. The molecule has 164 valence electrons. The molecule has 2 aromatic carbocycles. The van der Waals surface area contributed by atoms with Gasteiger partial charge in [0.2, 0.25) is 17.7 Å². The summed E-state index contributed by atoms with van der Waals surface area (Å²) < 4.78 is 6.86. The first-order valence-corrected chi connectivity index (χ1v) is 10.1. The smallest absolute Gasteiger partial charge is 0.249 e. The Balaban J connectivity index is 1.65. The summed E-state index contributed by atoms with van der Waals surface area (Å²) in [6.45, 7) is 1.66. The molecule has 3 aromatic rings. The number of carbonyl (C=O) groups is 3. The maximum absolute atomic E-state index is 13.1. The third-order valence-corrected chi connectivity index (χ3v) is 5.03. The van der Waals surface area contributed by atoms with E-state index in [-0.39, 0.29) is 30.7 Å². The summed E-state index contributed by atoms with van der Waals surface area (Å²) in [6.07, 6.45) is -0.0366.